The molecule has 1 rings (SSSR count). The van der Waals surface area contributed by atoms with Crippen molar-refractivity contribution in [1.29, 1.82) is 5.26 Å². The average Bonchev–Trinajstić information content (AvgIpc) is 2.36. The van der Waals surface area contributed by atoms with E-state index in [0.717, 1.165) is 0 Å². The van der Waals surface area contributed by atoms with Crippen molar-refractivity contribution in [3.05, 3.63) is 34.4 Å². The summed E-state index contributed by atoms with van der Waals surface area (Å²) in [5.74, 6) is -0.291. The molecule has 1 atom stereocenters. The summed E-state index contributed by atoms with van der Waals surface area (Å²) in [5.41, 5.74) is 0.226. The van der Waals surface area contributed by atoms with E-state index in [9.17, 15) is 14.9 Å². The molecule has 18 heavy (non-hydrogen) atoms. The van der Waals surface area contributed by atoms with Crippen molar-refractivity contribution in [3.8, 4) is 6.07 Å². The Bertz CT molecular complexity index is 495. The number of nitrogens with zero attached hydrogens (tertiary/aromatic N) is 2. The summed E-state index contributed by atoms with van der Waals surface area (Å²) < 4.78 is 0. The topological polar surface area (TPSA) is 108 Å². The number of nitrogens with one attached hydrogen (secondary N) is 2. The zero-order valence-electron chi connectivity index (χ0n) is 9.71. The second kappa shape index (κ2) is 6.20. The maximum Gasteiger partial charge on any atom is 0.319 e. The van der Waals surface area contributed by atoms with Crippen LogP contribution in [0.15, 0.2) is 24.3 Å². The molecule has 7 nitrogen and oxygen atoms in total. The smallest absolute Gasteiger partial charge is 0.319 e. The summed E-state index contributed by atoms with van der Waals surface area (Å²) in [6, 6.07) is 7.09. The number of carbonyl (C=O) groups is 1. The number of non-ortho nitro benzene ring substituents is 1. The van der Waals surface area contributed by atoms with Crippen LogP contribution in [0.3, 0.4) is 0 Å². The number of hydrogen-bond donors (Lipinski definition) is 2. The molecule has 0 aliphatic heterocycles. The quantitative estimate of drug-likeness (QED) is 0.626. The molecule has 2 amide bonds. The number of benzene rings is 1. The predicted octanol–water partition coefficient (Wildman–Crippen LogP) is 1.88. The van der Waals surface area contributed by atoms with Crippen LogP contribution in [0, 0.1) is 27.4 Å². The number of urea groups is 1. The number of carbonyl (C=O) groups excluding carboxylic acids is 1. The number of amides is 2. The molecule has 0 aliphatic rings. The summed E-state index contributed by atoms with van der Waals surface area (Å²) in [7, 11) is 0. The van der Waals surface area contributed by atoms with E-state index in [4.69, 9.17) is 5.26 Å². The van der Waals surface area contributed by atoms with Gasteiger partial charge >= 0.3 is 6.03 Å². The summed E-state index contributed by atoms with van der Waals surface area (Å²) in [5, 5.41) is 24.0. The molecule has 94 valence electrons. The minimum atomic E-state index is -0.541. The number of anilines is 1. The van der Waals surface area contributed by atoms with Gasteiger partial charge in [0.1, 0.15) is 0 Å². The van der Waals surface area contributed by atoms with Gasteiger partial charge in [0, 0.05) is 24.4 Å². The highest BCUT2D eigenvalue weighted by atomic mass is 16.6. The van der Waals surface area contributed by atoms with Crippen molar-refractivity contribution >= 4 is 17.4 Å². The van der Waals surface area contributed by atoms with Gasteiger partial charge < -0.3 is 10.6 Å². The molecule has 0 spiro atoms. The number of hydrogen-bond acceptors (Lipinski definition) is 4. The first kappa shape index (κ1) is 13.4. The van der Waals surface area contributed by atoms with E-state index in [0.29, 0.717) is 5.69 Å². The monoisotopic (exact) mass is 248 g/mol. The van der Waals surface area contributed by atoms with Crippen LogP contribution >= 0.6 is 0 Å². The Hall–Kier alpha value is -2.62. The van der Waals surface area contributed by atoms with Crippen LogP contribution < -0.4 is 10.6 Å². The number of rotatable bonds is 4. The minimum Gasteiger partial charge on any atom is -0.337 e. The molecule has 0 saturated heterocycles. The molecule has 7 heteroatoms. The van der Waals surface area contributed by atoms with Crippen LogP contribution in [0.5, 0.6) is 0 Å². The van der Waals surface area contributed by atoms with Gasteiger partial charge in [0.25, 0.3) is 5.69 Å². The fourth-order valence-electron chi connectivity index (χ4n) is 1.16. The third-order valence-corrected chi connectivity index (χ3v) is 2.10. The normalized spacial score (nSPS) is 11.1. The van der Waals surface area contributed by atoms with Gasteiger partial charge in [0.15, 0.2) is 0 Å². The molecule has 0 heterocycles. The highest BCUT2D eigenvalue weighted by molar-refractivity contribution is 5.89. The Labute approximate surface area is 104 Å². The standard InChI is InChI=1S/C11H12N4O3/c1-8(6-12)7-13-11(16)14-9-3-2-4-10(5-9)15(17)18/h2-5,8H,7H2,1H3,(H2,13,14,16). The molecule has 1 unspecified atom stereocenters. The van der Waals surface area contributed by atoms with Gasteiger partial charge in [-0.05, 0) is 13.0 Å². The van der Waals surface area contributed by atoms with Crippen LogP contribution in [0.2, 0.25) is 0 Å². The van der Waals surface area contributed by atoms with Gasteiger partial charge in [0.05, 0.1) is 16.9 Å². The van der Waals surface area contributed by atoms with Gasteiger partial charge in [-0.1, -0.05) is 6.07 Å². The second-order valence-corrected chi connectivity index (χ2v) is 3.67. The van der Waals surface area contributed by atoms with E-state index in [-0.39, 0.29) is 18.2 Å². The van der Waals surface area contributed by atoms with Crippen LogP contribution in [0.1, 0.15) is 6.92 Å². The lowest BCUT2D eigenvalue weighted by Gasteiger charge is -2.08. The SMILES string of the molecule is CC(C#N)CNC(=O)Nc1cccc([N+](=O)[O-])c1. The van der Waals surface area contributed by atoms with E-state index in [1.54, 1.807) is 13.0 Å². The number of nitro benzene ring substituents is 1. The first-order valence-corrected chi connectivity index (χ1v) is 5.22. The Kier molecular flexibility index (Phi) is 4.63. The summed E-state index contributed by atoms with van der Waals surface area (Å²) in [6.07, 6.45) is 0. The Morgan fingerprint density at radius 1 is 1.61 bits per heavy atom. The van der Waals surface area contributed by atoms with E-state index < -0.39 is 11.0 Å². The van der Waals surface area contributed by atoms with Crippen LogP contribution in [-0.4, -0.2) is 17.5 Å². The summed E-state index contributed by atoms with van der Waals surface area (Å²) in [4.78, 5) is 21.4. The fourth-order valence-corrected chi connectivity index (χ4v) is 1.16. The van der Waals surface area contributed by atoms with Crippen molar-refractivity contribution < 1.29 is 9.72 Å². The highest BCUT2D eigenvalue weighted by Crippen LogP contribution is 2.16. The van der Waals surface area contributed by atoms with Gasteiger partial charge in [-0.25, -0.2) is 4.79 Å². The molecule has 1 aromatic rings. The molecular weight excluding hydrogens is 236 g/mol. The molecular formula is C11H12N4O3. The van der Waals surface area contributed by atoms with Crippen LogP contribution in [0.25, 0.3) is 0 Å². The Balaban J connectivity index is 2.57. The fraction of sp³-hybridized carbons (Fsp3) is 0.273. The van der Waals surface area contributed by atoms with Crippen molar-refractivity contribution in [2.24, 2.45) is 5.92 Å². The maximum absolute atomic E-state index is 11.4. The van der Waals surface area contributed by atoms with Crippen LogP contribution in [0.4, 0.5) is 16.2 Å². The van der Waals surface area contributed by atoms with E-state index >= 15 is 0 Å². The third kappa shape index (κ3) is 4.09. The minimum absolute atomic E-state index is 0.0989. The zero-order valence-corrected chi connectivity index (χ0v) is 9.71. The van der Waals surface area contributed by atoms with E-state index in [2.05, 4.69) is 10.6 Å². The molecule has 0 aliphatic carbocycles. The first-order valence-electron chi connectivity index (χ1n) is 5.22. The lowest BCUT2D eigenvalue weighted by molar-refractivity contribution is -0.384. The number of nitriles is 1. The van der Waals surface area contributed by atoms with Gasteiger partial charge in [-0.15, -0.1) is 0 Å². The summed E-state index contributed by atoms with van der Waals surface area (Å²) >= 11 is 0. The molecule has 0 bridgehead atoms. The third-order valence-electron chi connectivity index (χ3n) is 2.10. The second-order valence-electron chi connectivity index (χ2n) is 3.67. The molecule has 0 fully saturated rings. The van der Waals surface area contributed by atoms with E-state index in [1.165, 1.54) is 18.2 Å². The van der Waals surface area contributed by atoms with Crippen molar-refractivity contribution in [3.63, 3.8) is 0 Å². The molecule has 1 aromatic carbocycles. The Morgan fingerprint density at radius 2 is 2.33 bits per heavy atom. The molecule has 2 N–H and O–H groups in total. The molecule has 0 radical (unpaired) electrons. The highest BCUT2D eigenvalue weighted by Gasteiger charge is 2.08. The van der Waals surface area contributed by atoms with Gasteiger partial charge in [-0.3, -0.25) is 10.1 Å². The lowest BCUT2D eigenvalue weighted by atomic mass is 10.2. The molecule has 0 aromatic heterocycles. The summed E-state index contributed by atoms with van der Waals surface area (Å²) in [6.45, 7) is 1.89. The zero-order chi connectivity index (χ0) is 13.5. The van der Waals surface area contributed by atoms with Crippen molar-refractivity contribution in [2.45, 2.75) is 6.92 Å². The average molecular weight is 248 g/mol. The predicted molar refractivity (Wildman–Crippen MR) is 64.9 cm³/mol. The van der Waals surface area contributed by atoms with Crippen molar-refractivity contribution in [1.82, 2.24) is 5.32 Å². The number of nitro groups is 1. The lowest BCUT2D eigenvalue weighted by Crippen LogP contribution is -2.31. The van der Waals surface area contributed by atoms with Gasteiger partial charge in [-0.2, -0.15) is 5.26 Å². The Morgan fingerprint density at radius 3 is 2.94 bits per heavy atom. The maximum atomic E-state index is 11.4. The first-order chi connectivity index (χ1) is 8.52. The van der Waals surface area contributed by atoms with E-state index in [1.807, 2.05) is 6.07 Å². The van der Waals surface area contributed by atoms with Crippen molar-refractivity contribution in [2.75, 3.05) is 11.9 Å². The largest absolute Gasteiger partial charge is 0.337 e. The van der Waals surface area contributed by atoms with Gasteiger partial charge in [0.2, 0.25) is 0 Å². The van der Waals surface area contributed by atoms with Crippen LogP contribution in [-0.2, 0) is 0 Å². The molecule has 0 saturated carbocycles.